The Labute approximate surface area is 110 Å². The lowest BCUT2D eigenvalue weighted by atomic mass is 9.68. The molecule has 0 aliphatic carbocycles. The Morgan fingerprint density at radius 2 is 1.53 bits per heavy atom. The second kappa shape index (κ2) is 8.97. The Bertz CT molecular complexity index is 159. The second-order valence-electron chi connectivity index (χ2n) is 6.46. The van der Waals surface area contributed by atoms with E-state index in [1.807, 2.05) is 13.8 Å². The van der Waals surface area contributed by atoms with Crippen molar-refractivity contribution in [3.05, 3.63) is 0 Å². The van der Waals surface area contributed by atoms with E-state index in [-0.39, 0.29) is 0 Å². The molecule has 0 N–H and O–H groups in total. The highest BCUT2D eigenvalue weighted by molar-refractivity contribution is 4.80. The van der Waals surface area contributed by atoms with Crippen molar-refractivity contribution in [2.45, 2.75) is 75.2 Å². The van der Waals surface area contributed by atoms with Gasteiger partial charge in [-0.15, -0.1) is 0 Å². The maximum Gasteiger partial charge on any atom is 0.0492 e. The highest BCUT2D eigenvalue weighted by Crippen LogP contribution is 2.40. The summed E-state index contributed by atoms with van der Waals surface area (Å²) in [6.45, 7) is 22.0. The van der Waals surface area contributed by atoms with E-state index < -0.39 is 0 Å². The Hall–Kier alpha value is -0.0400. The Kier molecular flexibility index (Phi) is 10.2. The van der Waals surface area contributed by atoms with Gasteiger partial charge in [0.25, 0.3) is 0 Å². The standard InChI is InChI=1S/C9H20.C5H10O.C2H6/c1-7-9(5,6)8(2,3)4;1-5-2-3-6-4-5;1-2/h7H2,1-6H3;5H,2-4H2,1H3;1-2H3. The molecule has 0 aromatic carbocycles. The van der Waals surface area contributed by atoms with Gasteiger partial charge in [-0.25, -0.2) is 0 Å². The lowest BCUT2D eigenvalue weighted by Crippen LogP contribution is -2.28. The van der Waals surface area contributed by atoms with Gasteiger partial charge in [-0.1, -0.05) is 68.7 Å². The minimum Gasteiger partial charge on any atom is -0.381 e. The molecular weight excluding hydrogens is 208 g/mol. The third kappa shape index (κ3) is 8.65. The van der Waals surface area contributed by atoms with E-state index in [1.165, 1.54) is 12.8 Å². The fourth-order valence-electron chi connectivity index (χ4n) is 1.18. The molecule has 106 valence electrons. The minimum absolute atomic E-state index is 0.446. The van der Waals surface area contributed by atoms with Gasteiger partial charge in [-0.3, -0.25) is 0 Å². The average molecular weight is 244 g/mol. The molecule has 0 bridgehead atoms. The first kappa shape index (κ1) is 19.3. The summed E-state index contributed by atoms with van der Waals surface area (Å²) >= 11 is 0. The molecular formula is C16H36O. The highest BCUT2D eigenvalue weighted by atomic mass is 16.5. The Morgan fingerprint density at radius 3 is 1.59 bits per heavy atom. The van der Waals surface area contributed by atoms with Crippen LogP contribution in [0.5, 0.6) is 0 Å². The van der Waals surface area contributed by atoms with E-state index in [1.54, 1.807) is 0 Å². The summed E-state index contributed by atoms with van der Waals surface area (Å²) in [5.74, 6) is 0.824. The van der Waals surface area contributed by atoms with Crippen LogP contribution in [0, 0.1) is 16.7 Å². The van der Waals surface area contributed by atoms with Crippen molar-refractivity contribution in [2.75, 3.05) is 13.2 Å². The van der Waals surface area contributed by atoms with Gasteiger partial charge in [0.15, 0.2) is 0 Å². The quantitative estimate of drug-likeness (QED) is 0.588. The predicted octanol–water partition coefficient (Wildman–Crippen LogP) is 5.54. The van der Waals surface area contributed by atoms with Crippen molar-refractivity contribution in [3.63, 3.8) is 0 Å². The molecule has 1 aliphatic rings. The second-order valence-corrected chi connectivity index (χ2v) is 6.46. The maximum atomic E-state index is 5.06. The zero-order chi connectivity index (χ0) is 14.1. The van der Waals surface area contributed by atoms with E-state index in [0.29, 0.717) is 10.8 Å². The summed E-state index contributed by atoms with van der Waals surface area (Å²) in [7, 11) is 0. The minimum atomic E-state index is 0.446. The molecule has 1 rings (SSSR count). The molecule has 1 heterocycles. The van der Waals surface area contributed by atoms with Crippen molar-refractivity contribution >= 4 is 0 Å². The molecule has 0 radical (unpaired) electrons. The first-order valence-corrected chi connectivity index (χ1v) is 7.28. The largest absolute Gasteiger partial charge is 0.381 e. The van der Waals surface area contributed by atoms with Crippen LogP contribution in [0.15, 0.2) is 0 Å². The van der Waals surface area contributed by atoms with Crippen LogP contribution < -0.4 is 0 Å². The van der Waals surface area contributed by atoms with E-state index >= 15 is 0 Å². The molecule has 1 heteroatoms. The van der Waals surface area contributed by atoms with Crippen LogP contribution in [-0.2, 0) is 4.74 Å². The first-order valence-electron chi connectivity index (χ1n) is 7.28. The van der Waals surface area contributed by atoms with E-state index in [4.69, 9.17) is 4.74 Å². The van der Waals surface area contributed by atoms with Gasteiger partial charge in [0.05, 0.1) is 0 Å². The number of rotatable bonds is 1. The normalized spacial score (nSPS) is 19.9. The zero-order valence-electron chi connectivity index (χ0n) is 13.8. The molecule has 1 unspecified atom stereocenters. The molecule has 1 saturated heterocycles. The third-order valence-electron chi connectivity index (χ3n) is 4.07. The SMILES string of the molecule is CC.CC1CCOC1.CCC(C)(C)C(C)(C)C. The van der Waals surface area contributed by atoms with Crippen LogP contribution in [0.1, 0.15) is 75.2 Å². The van der Waals surface area contributed by atoms with Crippen LogP contribution in [0.4, 0.5) is 0 Å². The zero-order valence-corrected chi connectivity index (χ0v) is 13.8. The van der Waals surface area contributed by atoms with Crippen molar-refractivity contribution < 1.29 is 4.74 Å². The Balaban J connectivity index is 0. The molecule has 0 saturated carbocycles. The summed E-state index contributed by atoms with van der Waals surface area (Å²) in [5, 5.41) is 0. The summed E-state index contributed by atoms with van der Waals surface area (Å²) in [4.78, 5) is 0. The summed E-state index contributed by atoms with van der Waals surface area (Å²) in [5.41, 5.74) is 0.925. The first-order chi connectivity index (χ1) is 7.70. The molecule has 1 atom stereocenters. The predicted molar refractivity (Wildman–Crippen MR) is 79.5 cm³/mol. The van der Waals surface area contributed by atoms with Gasteiger partial charge in [0.1, 0.15) is 0 Å². The average Bonchev–Trinajstić information content (AvgIpc) is 2.71. The van der Waals surface area contributed by atoms with Crippen molar-refractivity contribution in [2.24, 2.45) is 16.7 Å². The van der Waals surface area contributed by atoms with Gasteiger partial charge < -0.3 is 4.74 Å². The summed E-state index contributed by atoms with van der Waals surface area (Å²) in [6.07, 6.45) is 2.52. The Morgan fingerprint density at radius 1 is 1.06 bits per heavy atom. The topological polar surface area (TPSA) is 9.23 Å². The van der Waals surface area contributed by atoms with Gasteiger partial charge in [-0.05, 0) is 23.2 Å². The van der Waals surface area contributed by atoms with Gasteiger partial charge in [-0.2, -0.15) is 0 Å². The van der Waals surface area contributed by atoms with Gasteiger partial charge >= 0.3 is 0 Å². The molecule has 1 fully saturated rings. The van der Waals surface area contributed by atoms with Crippen molar-refractivity contribution in [3.8, 4) is 0 Å². The molecule has 0 aromatic heterocycles. The molecule has 1 nitrogen and oxygen atoms in total. The molecule has 0 spiro atoms. The summed E-state index contributed by atoms with van der Waals surface area (Å²) in [6, 6.07) is 0. The van der Waals surface area contributed by atoms with E-state index in [0.717, 1.165) is 19.1 Å². The molecule has 17 heavy (non-hydrogen) atoms. The van der Waals surface area contributed by atoms with Crippen molar-refractivity contribution in [1.29, 1.82) is 0 Å². The lowest BCUT2D eigenvalue weighted by molar-refractivity contribution is 0.126. The molecule has 0 aromatic rings. The monoisotopic (exact) mass is 244 g/mol. The van der Waals surface area contributed by atoms with E-state index in [9.17, 15) is 0 Å². The van der Waals surface area contributed by atoms with Crippen LogP contribution in [0.25, 0.3) is 0 Å². The highest BCUT2D eigenvalue weighted by Gasteiger charge is 2.30. The van der Waals surface area contributed by atoms with E-state index in [2.05, 4.69) is 48.5 Å². The maximum absolute atomic E-state index is 5.06. The number of ether oxygens (including phenoxy) is 1. The lowest BCUT2D eigenvalue weighted by Gasteiger charge is -2.37. The van der Waals surface area contributed by atoms with Crippen LogP contribution in [-0.4, -0.2) is 13.2 Å². The molecule has 1 aliphatic heterocycles. The van der Waals surface area contributed by atoms with Crippen LogP contribution in [0.3, 0.4) is 0 Å². The van der Waals surface area contributed by atoms with Crippen LogP contribution >= 0.6 is 0 Å². The summed E-state index contributed by atoms with van der Waals surface area (Å²) < 4.78 is 5.06. The number of hydrogen-bond acceptors (Lipinski definition) is 1. The number of hydrogen-bond donors (Lipinski definition) is 0. The van der Waals surface area contributed by atoms with Gasteiger partial charge in [0, 0.05) is 13.2 Å². The van der Waals surface area contributed by atoms with Crippen molar-refractivity contribution in [1.82, 2.24) is 0 Å². The fraction of sp³-hybridized carbons (Fsp3) is 1.00. The molecule has 0 amide bonds. The fourth-order valence-corrected chi connectivity index (χ4v) is 1.18. The van der Waals surface area contributed by atoms with Crippen LogP contribution in [0.2, 0.25) is 0 Å². The third-order valence-corrected chi connectivity index (χ3v) is 4.07. The van der Waals surface area contributed by atoms with Gasteiger partial charge in [0.2, 0.25) is 0 Å². The smallest absolute Gasteiger partial charge is 0.0492 e.